The summed E-state index contributed by atoms with van der Waals surface area (Å²) in [6.07, 6.45) is 0. The number of anilines is 1. The molecule has 17 heavy (non-hydrogen) atoms. The van der Waals surface area contributed by atoms with E-state index in [0.29, 0.717) is 21.8 Å². The van der Waals surface area contributed by atoms with Gasteiger partial charge in [-0.15, -0.1) is 0 Å². The largest absolute Gasteiger partial charge is 0.399 e. The Labute approximate surface area is 104 Å². The average molecular weight is 247 g/mol. The van der Waals surface area contributed by atoms with E-state index in [2.05, 4.69) is 0 Å². The van der Waals surface area contributed by atoms with Gasteiger partial charge in [0.2, 0.25) is 5.91 Å². The molecule has 4 N–H and O–H groups in total. The molecule has 2 aromatic carbocycles. The average Bonchev–Trinajstić information content (AvgIpc) is 2.30. The lowest BCUT2D eigenvalue weighted by Gasteiger charge is -2.09. The zero-order chi connectivity index (χ0) is 12.4. The zero-order valence-corrected chi connectivity index (χ0v) is 9.74. The molecule has 1 amide bonds. The molecule has 0 atom stereocenters. The molecule has 3 nitrogen and oxygen atoms in total. The fourth-order valence-corrected chi connectivity index (χ4v) is 1.92. The topological polar surface area (TPSA) is 69.1 Å². The molecular formula is C13H11ClN2O. The van der Waals surface area contributed by atoms with Crippen molar-refractivity contribution in [1.29, 1.82) is 0 Å². The van der Waals surface area contributed by atoms with Gasteiger partial charge >= 0.3 is 0 Å². The van der Waals surface area contributed by atoms with E-state index in [1.165, 1.54) is 0 Å². The molecule has 2 aromatic rings. The summed E-state index contributed by atoms with van der Waals surface area (Å²) >= 11 is 6.09. The van der Waals surface area contributed by atoms with E-state index < -0.39 is 5.91 Å². The van der Waals surface area contributed by atoms with Crippen molar-refractivity contribution >= 4 is 23.2 Å². The zero-order valence-electron chi connectivity index (χ0n) is 8.98. The molecule has 0 radical (unpaired) electrons. The number of amides is 1. The van der Waals surface area contributed by atoms with E-state index in [9.17, 15) is 4.79 Å². The first-order chi connectivity index (χ1) is 8.09. The monoisotopic (exact) mass is 246 g/mol. The number of nitrogens with two attached hydrogens (primary N) is 2. The maximum Gasteiger partial charge on any atom is 0.249 e. The lowest BCUT2D eigenvalue weighted by molar-refractivity contribution is 0.100. The number of halogens is 1. The summed E-state index contributed by atoms with van der Waals surface area (Å²) in [6.45, 7) is 0. The molecule has 0 heterocycles. The number of benzene rings is 2. The number of hydrogen-bond acceptors (Lipinski definition) is 2. The highest BCUT2D eigenvalue weighted by Gasteiger charge is 2.12. The number of rotatable bonds is 2. The SMILES string of the molecule is NC(=O)c1cc(N)ccc1-c1ccccc1Cl. The smallest absolute Gasteiger partial charge is 0.249 e. The first-order valence-corrected chi connectivity index (χ1v) is 5.41. The molecule has 0 aliphatic heterocycles. The highest BCUT2D eigenvalue weighted by atomic mass is 35.5. The van der Waals surface area contributed by atoms with Crippen molar-refractivity contribution in [3.8, 4) is 11.1 Å². The molecule has 0 fully saturated rings. The van der Waals surface area contributed by atoms with Crippen molar-refractivity contribution in [1.82, 2.24) is 0 Å². The Morgan fingerprint density at radius 3 is 2.41 bits per heavy atom. The van der Waals surface area contributed by atoms with E-state index >= 15 is 0 Å². The van der Waals surface area contributed by atoms with Crippen LogP contribution >= 0.6 is 11.6 Å². The fourth-order valence-electron chi connectivity index (χ4n) is 1.68. The van der Waals surface area contributed by atoms with Crippen LogP contribution in [0.2, 0.25) is 5.02 Å². The van der Waals surface area contributed by atoms with Gasteiger partial charge in [-0.05, 0) is 23.8 Å². The standard InChI is InChI=1S/C13H11ClN2O/c14-12-4-2-1-3-10(12)9-6-5-8(15)7-11(9)13(16)17/h1-7H,15H2,(H2,16,17). The molecule has 0 saturated carbocycles. The van der Waals surface area contributed by atoms with Crippen molar-refractivity contribution in [3.05, 3.63) is 53.1 Å². The second kappa shape index (κ2) is 4.47. The molecule has 0 saturated heterocycles. The predicted molar refractivity (Wildman–Crippen MR) is 69.8 cm³/mol. The van der Waals surface area contributed by atoms with Gasteiger partial charge in [0.25, 0.3) is 0 Å². The minimum atomic E-state index is -0.521. The van der Waals surface area contributed by atoms with Gasteiger partial charge in [-0.25, -0.2) is 0 Å². The molecule has 0 aliphatic rings. The van der Waals surface area contributed by atoms with Crippen molar-refractivity contribution in [2.45, 2.75) is 0 Å². The van der Waals surface area contributed by atoms with Crippen LogP contribution in [0.1, 0.15) is 10.4 Å². The number of hydrogen-bond donors (Lipinski definition) is 2. The van der Waals surface area contributed by atoms with Crippen LogP contribution in [0.4, 0.5) is 5.69 Å². The van der Waals surface area contributed by atoms with E-state index in [0.717, 1.165) is 5.56 Å². The molecule has 0 aliphatic carbocycles. The first kappa shape index (κ1) is 11.5. The van der Waals surface area contributed by atoms with Crippen molar-refractivity contribution in [2.75, 3.05) is 5.73 Å². The van der Waals surface area contributed by atoms with E-state index in [1.54, 1.807) is 24.3 Å². The van der Waals surface area contributed by atoms with Crippen molar-refractivity contribution < 1.29 is 4.79 Å². The Balaban J connectivity index is 2.68. The molecule has 0 aromatic heterocycles. The van der Waals surface area contributed by atoms with E-state index in [4.69, 9.17) is 23.1 Å². The van der Waals surface area contributed by atoms with Crippen LogP contribution in [-0.4, -0.2) is 5.91 Å². The van der Waals surface area contributed by atoms with Crippen LogP contribution in [0.15, 0.2) is 42.5 Å². The summed E-state index contributed by atoms with van der Waals surface area (Å²) in [7, 11) is 0. The third kappa shape index (κ3) is 2.24. The van der Waals surface area contributed by atoms with Crippen molar-refractivity contribution in [3.63, 3.8) is 0 Å². The van der Waals surface area contributed by atoms with Crippen LogP contribution in [0.5, 0.6) is 0 Å². The molecule has 0 unspecified atom stereocenters. The molecule has 2 rings (SSSR count). The van der Waals surface area contributed by atoms with Crippen molar-refractivity contribution in [2.24, 2.45) is 5.73 Å². The molecular weight excluding hydrogens is 236 g/mol. The third-order valence-corrected chi connectivity index (χ3v) is 2.80. The minimum Gasteiger partial charge on any atom is -0.399 e. The lowest BCUT2D eigenvalue weighted by Crippen LogP contribution is -2.12. The number of carbonyl (C=O) groups excluding carboxylic acids is 1. The Hall–Kier alpha value is -2.00. The summed E-state index contributed by atoms with van der Waals surface area (Å²) in [6, 6.07) is 12.3. The Morgan fingerprint density at radius 2 is 1.76 bits per heavy atom. The van der Waals surface area contributed by atoms with Crippen LogP contribution in [0.25, 0.3) is 11.1 Å². The van der Waals surface area contributed by atoms with Gasteiger partial charge in [0.05, 0.1) is 0 Å². The van der Waals surface area contributed by atoms with E-state index in [-0.39, 0.29) is 0 Å². The van der Waals surface area contributed by atoms with Crippen LogP contribution in [0, 0.1) is 0 Å². The van der Waals surface area contributed by atoms with Crippen LogP contribution in [-0.2, 0) is 0 Å². The molecule has 86 valence electrons. The quantitative estimate of drug-likeness (QED) is 0.800. The molecule has 0 spiro atoms. The molecule has 4 heteroatoms. The van der Waals surface area contributed by atoms with E-state index in [1.807, 2.05) is 18.2 Å². The number of primary amides is 1. The van der Waals surface area contributed by atoms with Gasteiger partial charge in [0, 0.05) is 21.8 Å². The van der Waals surface area contributed by atoms with Gasteiger partial charge in [-0.2, -0.15) is 0 Å². The maximum absolute atomic E-state index is 11.4. The summed E-state index contributed by atoms with van der Waals surface area (Å²) in [5.74, 6) is -0.521. The summed E-state index contributed by atoms with van der Waals surface area (Å²) in [4.78, 5) is 11.4. The van der Waals surface area contributed by atoms with Gasteiger partial charge in [0.15, 0.2) is 0 Å². The molecule has 0 bridgehead atoms. The minimum absolute atomic E-state index is 0.373. The van der Waals surface area contributed by atoms with Gasteiger partial charge in [-0.1, -0.05) is 35.9 Å². The van der Waals surface area contributed by atoms with Crippen LogP contribution in [0.3, 0.4) is 0 Å². The second-order valence-corrected chi connectivity index (χ2v) is 4.06. The third-order valence-electron chi connectivity index (χ3n) is 2.47. The summed E-state index contributed by atoms with van der Waals surface area (Å²) in [5, 5.41) is 0.569. The second-order valence-electron chi connectivity index (χ2n) is 3.65. The summed E-state index contributed by atoms with van der Waals surface area (Å²) in [5.41, 5.74) is 13.3. The fraction of sp³-hybridized carbons (Fsp3) is 0. The Morgan fingerprint density at radius 1 is 1.06 bits per heavy atom. The lowest BCUT2D eigenvalue weighted by atomic mass is 9.98. The highest BCUT2D eigenvalue weighted by Crippen LogP contribution is 2.31. The normalized spacial score (nSPS) is 10.2. The van der Waals surface area contributed by atoms with Gasteiger partial charge in [0.1, 0.15) is 0 Å². The first-order valence-electron chi connectivity index (χ1n) is 5.04. The Kier molecular flexibility index (Phi) is 3.02. The number of carbonyl (C=O) groups is 1. The summed E-state index contributed by atoms with van der Waals surface area (Å²) < 4.78 is 0. The Bertz CT molecular complexity index is 581. The number of nitrogen functional groups attached to an aromatic ring is 1. The predicted octanol–water partition coefficient (Wildman–Crippen LogP) is 2.69. The van der Waals surface area contributed by atoms with Gasteiger partial charge < -0.3 is 11.5 Å². The highest BCUT2D eigenvalue weighted by molar-refractivity contribution is 6.33. The van der Waals surface area contributed by atoms with Crippen LogP contribution < -0.4 is 11.5 Å². The van der Waals surface area contributed by atoms with Gasteiger partial charge in [-0.3, -0.25) is 4.79 Å². The maximum atomic E-state index is 11.4.